The molecule has 1 aliphatic carbocycles. The lowest BCUT2D eigenvalue weighted by molar-refractivity contribution is 0.303. The van der Waals surface area contributed by atoms with Crippen LogP contribution >= 0.6 is 0 Å². The van der Waals surface area contributed by atoms with Crippen molar-refractivity contribution in [3.63, 3.8) is 0 Å². The second kappa shape index (κ2) is 11.3. The molecule has 0 heterocycles. The van der Waals surface area contributed by atoms with Crippen LogP contribution in [0.4, 0.5) is 0 Å². The van der Waals surface area contributed by atoms with Crippen molar-refractivity contribution in [3.8, 4) is 0 Å². The smallest absolute Gasteiger partial charge is 0.114 e. The average Bonchev–Trinajstić information content (AvgIpc) is 2.24. The van der Waals surface area contributed by atoms with Crippen LogP contribution in [0.5, 0.6) is 0 Å². The first-order valence-electron chi connectivity index (χ1n) is 5.24. The molecule has 1 rings (SSSR count). The summed E-state index contributed by atoms with van der Waals surface area (Å²) >= 11 is 0. The summed E-state index contributed by atoms with van der Waals surface area (Å²) < 4.78 is 5.05. The molecule has 0 saturated heterocycles. The molecule has 78 valence electrons. The molecule has 0 aromatic rings. The minimum atomic E-state index is 1.01. The van der Waals surface area contributed by atoms with Crippen molar-refractivity contribution in [1.29, 1.82) is 0 Å². The second-order valence-corrected chi connectivity index (χ2v) is 2.34. The van der Waals surface area contributed by atoms with Gasteiger partial charge in [0, 0.05) is 0 Å². The summed E-state index contributed by atoms with van der Waals surface area (Å²) in [5.41, 5.74) is 1.41. The molecule has 0 N–H and O–H groups in total. The fourth-order valence-electron chi connectivity index (χ4n) is 0.958. The summed E-state index contributed by atoms with van der Waals surface area (Å²) in [6.45, 7) is 10.1. The Bertz CT molecular complexity index is 155. The third-order valence-corrected chi connectivity index (χ3v) is 1.51. The molecular weight excluding hydrogens is 160 g/mol. The van der Waals surface area contributed by atoms with E-state index in [1.54, 1.807) is 7.11 Å². The summed E-state index contributed by atoms with van der Waals surface area (Å²) in [6.07, 6.45) is 6.52. The molecule has 13 heavy (non-hydrogen) atoms. The van der Waals surface area contributed by atoms with Crippen molar-refractivity contribution < 1.29 is 4.74 Å². The Labute approximate surface area is 83.5 Å². The molecule has 0 bridgehead atoms. The fraction of sp³-hybridized carbons (Fsp3) is 0.667. The number of rotatable bonds is 1. The minimum absolute atomic E-state index is 1.01. The van der Waals surface area contributed by atoms with Gasteiger partial charge in [-0.25, -0.2) is 0 Å². The molecule has 0 unspecified atom stereocenters. The molecule has 1 heteroatoms. The Kier molecular flexibility index (Phi) is 12.8. The zero-order valence-electron chi connectivity index (χ0n) is 9.98. The fourth-order valence-corrected chi connectivity index (χ4v) is 0.958. The SMILES string of the molecule is CC.CC.COC1=CCCC(C)=C1. The van der Waals surface area contributed by atoms with Gasteiger partial charge < -0.3 is 4.74 Å². The van der Waals surface area contributed by atoms with Gasteiger partial charge >= 0.3 is 0 Å². The standard InChI is InChI=1S/C8H12O.2C2H6/c1-7-4-3-5-8(6-7)9-2;2*1-2/h5-6H,3-4H2,1-2H3;2*1-2H3. The maximum atomic E-state index is 5.05. The molecule has 0 radical (unpaired) electrons. The quantitative estimate of drug-likeness (QED) is 0.590. The lowest BCUT2D eigenvalue weighted by Crippen LogP contribution is -1.90. The monoisotopic (exact) mass is 184 g/mol. The number of hydrogen-bond donors (Lipinski definition) is 0. The molecule has 0 atom stereocenters. The van der Waals surface area contributed by atoms with Crippen LogP contribution in [0, 0.1) is 0 Å². The van der Waals surface area contributed by atoms with E-state index in [9.17, 15) is 0 Å². The zero-order chi connectivity index (χ0) is 10.7. The molecule has 0 fully saturated rings. The molecule has 1 aliphatic rings. The van der Waals surface area contributed by atoms with Crippen LogP contribution in [0.2, 0.25) is 0 Å². The normalized spacial score (nSPS) is 13.7. The topological polar surface area (TPSA) is 9.23 Å². The third-order valence-electron chi connectivity index (χ3n) is 1.51. The van der Waals surface area contributed by atoms with Gasteiger partial charge in [0.1, 0.15) is 5.76 Å². The summed E-state index contributed by atoms with van der Waals surface area (Å²) in [6, 6.07) is 0. The molecule has 0 saturated carbocycles. The van der Waals surface area contributed by atoms with E-state index >= 15 is 0 Å². The van der Waals surface area contributed by atoms with Crippen molar-refractivity contribution in [2.24, 2.45) is 0 Å². The Morgan fingerprint density at radius 3 is 2.00 bits per heavy atom. The van der Waals surface area contributed by atoms with E-state index in [1.807, 2.05) is 27.7 Å². The van der Waals surface area contributed by atoms with E-state index in [-0.39, 0.29) is 0 Å². The predicted molar refractivity (Wildman–Crippen MR) is 60.8 cm³/mol. The van der Waals surface area contributed by atoms with Crippen molar-refractivity contribution >= 4 is 0 Å². The Hall–Kier alpha value is -0.720. The molecule has 0 aromatic carbocycles. The lowest BCUT2D eigenvalue weighted by atomic mass is 10.1. The highest BCUT2D eigenvalue weighted by molar-refractivity contribution is 5.21. The molecule has 0 aliphatic heterocycles. The summed E-state index contributed by atoms with van der Waals surface area (Å²) in [5.74, 6) is 1.01. The highest BCUT2D eigenvalue weighted by Crippen LogP contribution is 2.16. The van der Waals surface area contributed by atoms with Gasteiger partial charge in [0.05, 0.1) is 7.11 Å². The van der Waals surface area contributed by atoms with E-state index in [1.165, 1.54) is 12.0 Å². The second-order valence-electron chi connectivity index (χ2n) is 2.34. The van der Waals surface area contributed by atoms with E-state index in [0.29, 0.717) is 0 Å². The van der Waals surface area contributed by atoms with Crippen molar-refractivity contribution in [1.82, 2.24) is 0 Å². The van der Waals surface area contributed by atoms with Gasteiger partial charge in [0.15, 0.2) is 0 Å². The van der Waals surface area contributed by atoms with Crippen LogP contribution in [0.1, 0.15) is 47.5 Å². The van der Waals surface area contributed by atoms with E-state index in [4.69, 9.17) is 4.74 Å². The molecule has 0 spiro atoms. The molecule has 1 nitrogen and oxygen atoms in total. The van der Waals surface area contributed by atoms with Gasteiger partial charge in [-0.2, -0.15) is 0 Å². The van der Waals surface area contributed by atoms with Crippen LogP contribution in [-0.4, -0.2) is 7.11 Å². The Morgan fingerprint density at radius 1 is 1.15 bits per heavy atom. The van der Waals surface area contributed by atoms with Gasteiger partial charge in [0.2, 0.25) is 0 Å². The Balaban J connectivity index is 0. The zero-order valence-corrected chi connectivity index (χ0v) is 9.98. The van der Waals surface area contributed by atoms with Gasteiger partial charge in [-0.3, -0.25) is 0 Å². The van der Waals surface area contributed by atoms with E-state index < -0.39 is 0 Å². The van der Waals surface area contributed by atoms with Crippen LogP contribution < -0.4 is 0 Å². The molecular formula is C12H24O. The van der Waals surface area contributed by atoms with Crippen molar-refractivity contribution in [3.05, 3.63) is 23.5 Å². The largest absolute Gasteiger partial charge is 0.497 e. The first-order valence-corrected chi connectivity index (χ1v) is 5.24. The summed E-state index contributed by atoms with van der Waals surface area (Å²) in [4.78, 5) is 0. The number of ether oxygens (including phenoxy) is 1. The van der Waals surface area contributed by atoms with Gasteiger partial charge in [-0.05, 0) is 31.9 Å². The number of methoxy groups -OCH3 is 1. The Morgan fingerprint density at radius 2 is 1.69 bits per heavy atom. The average molecular weight is 184 g/mol. The van der Waals surface area contributed by atoms with Crippen LogP contribution in [0.15, 0.2) is 23.5 Å². The molecule has 0 aromatic heterocycles. The molecule has 0 amide bonds. The summed E-state index contributed by atoms with van der Waals surface area (Å²) in [5, 5.41) is 0. The number of allylic oxidation sites excluding steroid dienone is 3. The highest BCUT2D eigenvalue weighted by atomic mass is 16.5. The maximum Gasteiger partial charge on any atom is 0.114 e. The number of hydrogen-bond acceptors (Lipinski definition) is 1. The van der Waals surface area contributed by atoms with Crippen LogP contribution in [0.3, 0.4) is 0 Å². The maximum absolute atomic E-state index is 5.05. The van der Waals surface area contributed by atoms with Crippen molar-refractivity contribution in [2.45, 2.75) is 47.5 Å². The van der Waals surface area contributed by atoms with E-state index in [2.05, 4.69) is 19.1 Å². The summed E-state index contributed by atoms with van der Waals surface area (Å²) in [7, 11) is 1.71. The first kappa shape index (κ1) is 14.8. The predicted octanol–water partition coefficient (Wildman–Crippen LogP) is 4.31. The van der Waals surface area contributed by atoms with Gasteiger partial charge in [-0.1, -0.05) is 33.3 Å². The van der Waals surface area contributed by atoms with Gasteiger partial charge in [-0.15, -0.1) is 0 Å². The first-order chi connectivity index (χ1) is 6.33. The highest BCUT2D eigenvalue weighted by Gasteiger charge is 1.99. The van der Waals surface area contributed by atoms with Crippen LogP contribution in [0.25, 0.3) is 0 Å². The third kappa shape index (κ3) is 7.63. The van der Waals surface area contributed by atoms with E-state index in [0.717, 1.165) is 12.2 Å². The van der Waals surface area contributed by atoms with Gasteiger partial charge in [0.25, 0.3) is 0 Å². The van der Waals surface area contributed by atoms with Crippen LogP contribution in [-0.2, 0) is 4.74 Å². The lowest BCUT2D eigenvalue weighted by Gasteiger charge is -2.08. The minimum Gasteiger partial charge on any atom is -0.497 e. The van der Waals surface area contributed by atoms with Crippen molar-refractivity contribution in [2.75, 3.05) is 7.11 Å².